The molecule has 0 aliphatic carbocycles. The third-order valence-electron chi connectivity index (χ3n) is 4.39. The zero-order chi connectivity index (χ0) is 17.9. The molecule has 0 saturated carbocycles. The highest BCUT2D eigenvalue weighted by Crippen LogP contribution is 2.36. The Kier molecular flexibility index (Phi) is 6.61. The van der Waals surface area contributed by atoms with E-state index in [4.69, 9.17) is 8.61 Å². The van der Waals surface area contributed by atoms with Crippen LogP contribution in [0.5, 0.6) is 0 Å². The van der Waals surface area contributed by atoms with Gasteiger partial charge in [0, 0.05) is 6.61 Å². The second-order valence-electron chi connectivity index (χ2n) is 7.57. The van der Waals surface area contributed by atoms with E-state index in [9.17, 15) is 8.42 Å². The molecule has 0 unspecified atom stereocenters. The van der Waals surface area contributed by atoms with E-state index in [1.165, 1.54) is 0 Å². The van der Waals surface area contributed by atoms with Crippen molar-refractivity contribution in [2.75, 3.05) is 6.61 Å². The fourth-order valence-electron chi connectivity index (χ4n) is 1.72. The monoisotopic (exact) mass is 358 g/mol. The maximum atomic E-state index is 12.2. The molecule has 6 heteroatoms. The van der Waals surface area contributed by atoms with E-state index >= 15 is 0 Å². The highest BCUT2D eigenvalue weighted by atomic mass is 32.2. The van der Waals surface area contributed by atoms with Crippen molar-refractivity contribution in [3.8, 4) is 0 Å². The van der Waals surface area contributed by atoms with Crippen LogP contribution >= 0.6 is 0 Å². The van der Waals surface area contributed by atoms with Gasteiger partial charge in [0.1, 0.15) is 0 Å². The predicted molar refractivity (Wildman–Crippen MR) is 96.7 cm³/mol. The summed E-state index contributed by atoms with van der Waals surface area (Å²) in [5.41, 5.74) is 1.01. The van der Waals surface area contributed by atoms with E-state index in [1.54, 1.807) is 31.2 Å². The Morgan fingerprint density at radius 3 is 2.13 bits per heavy atom. The molecule has 0 saturated heterocycles. The van der Waals surface area contributed by atoms with Gasteiger partial charge in [-0.1, -0.05) is 38.5 Å². The lowest BCUT2D eigenvalue weighted by Gasteiger charge is -2.36. The van der Waals surface area contributed by atoms with Crippen molar-refractivity contribution in [1.82, 2.24) is 0 Å². The quantitative estimate of drug-likeness (QED) is 0.532. The lowest BCUT2D eigenvalue weighted by molar-refractivity contribution is 0.176. The third-order valence-corrected chi connectivity index (χ3v) is 10.4. The first kappa shape index (κ1) is 20.4. The number of hydrogen-bond acceptors (Lipinski definition) is 4. The smallest absolute Gasteiger partial charge is 0.297 e. The largest absolute Gasteiger partial charge is 0.417 e. The summed E-state index contributed by atoms with van der Waals surface area (Å²) in [5.74, 6) is 0. The van der Waals surface area contributed by atoms with E-state index in [2.05, 4.69) is 33.9 Å². The minimum absolute atomic E-state index is 0.144. The minimum atomic E-state index is -3.71. The molecule has 0 N–H and O–H groups in total. The fraction of sp³-hybridized carbons (Fsp3) is 0.647. The normalized spacial score (nSPS) is 14.7. The molecule has 0 bridgehead atoms. The topological polar surface area (TPSA) is 52.6 Å². The molecule has 0 fully saturated rings. The average Bonchev–Trinajstić information content (AvgIpc) is 2.36. The summed E-state index contributed by atoms with van der Waals surface area (Å²) in [6.45, 7) is 15.1. The second kappa shape index (κ2) is 7.47. The second-order valence-corrected chi connectivity index (χ2v) is 14.0. The molecule has 0 radical (unpaired) electrons. The lowest BCUT2D eigenvalue weighted by atomic mass is 10.2. The van der Waals surface area contributed by atoms with Crippen molar-refractivity contribution < 1.29 is 17.0 Å². The van der Waals surface area contributed by atoms with Gasteiger partial charge in [-0.15, -0.1) is 0 Å². The van der Waals surface area contributed by atoms with Gasteiger partial charge in [-0.25, -0.2) is 0 Å². The van der Waals surface area contributed by atoms with Gasteiger partial charge in [-0.2, -0.15) is 8.42 Å². The maximum absolute atomic E-state index is 12.2. The Morgan fingerprint density at radius 2 is 1.65 bits per heavy atom. The van der Waals surface area contributed by atoms with Crippen molar-refractivity contribution >= 4 is 18.4 Å². The van der Waals surface area contributed by atoms with Crippen molar-refractivity contribution in [2.45, 2.75) is 70.2 Å². The summed E-state index contributed by atoms with van der Waals surface area (Å²) in [6.07, 6.45) is 0.142. The van der Waals surface area contributed by atoms with Gasteiger partial charge in [-0.05, 0) is 50.5 Å². The summed E-state index contributed by atoms with van der Waals surface area (Å²) >= 11 is 0. The van der Waals surface area contributed by atoms with Gasteiger partial charge in [0.25, 0.3) is 10.1 Å². The first-order valence-corrected chi connectivity index (χ1v) is 12.3. The van der Waals surface area contributed by atoms with Crippen LogP contribution in [0.1, 0.15) is 39.7 Å². The lowest BCUT2D eigenvalue weighted by Crippen LogP contribution is -2.41. The zero-order valence-electron chi connectivity index (χ0n) is 15.3. The molecule has 1 aromatic carbocycles. The first-order chi connectivity index (χ1) is 10.3. The number of benzene rings is 1. The molecule has 1 rings (SSSR count). The Balaban J connectivity index is 2.57. The Hall–Kier alpha value is -0.693. The first-order valence-electron chi connectivity index (χ1n) is 7.99. The fourth-order valence-corrected chi connectivity index (χ4v) is 3.89. The Bertz CT molecular complexity index is 600. The predicted octanol–water partition coefficient (Wildman–Crippen LogP) is 4.50. The van der Waals surface area contributed by atoms with E-state index in [0.29, 0.717) is 13.0 Å². The number of rotatable bonds is 7. The molecule has 0 aliphatic heterocycles. The molecule has 1 aromatic rings. The van der Waals surface area contributed by atoms with Crippen LogP contribution in [0.15, 0.2) is 29.2 Å². The molecule has 23 heavy (non-hydrogen) atoms. The number of aryl methyl sites for hydroxylation is 1. The van der Waals surface area contributed by atoms with Crippen LogP contribution in [-0.4, -0.2) is 29.4 Å². The van der Waals surface area contributed by atoms with E-state index in [-0.39, 0.29) is 9.93 Å². The third kappa shape index (κ3) is 6.03. The van der Waals surface area contributed by atoms with Gasteiger partial charge in [0.05, 0.1) is 11.0 Å². The van der Waals surface area contributed by atoms with Gasteiger partial charge < -0.3 is 4.43 Å². The van der Waals surface area contributed by atoms with Crippen LogP contribution in [0.2, 0.25) is 18.1 Å². The van der Waals surface area contributed by atoms with E-state index in [1.807, 2.05) is 6.92 Å². The van der Waals surface area contributed by atoms with Crippen LogP contribution in [0, 0.1) is 6.92 Å². The Labute approximate surface area is 142 Å². The summed E-state index contributed by atoms with van der Waals surface area (Å²) in [5, 5.41) is 0.144. The molecule has 0 aliphatic rings. The van der Waals surface area contributed by atoms with Crippen LogP contribution in [0.3, 0.4) is 0 Å². The molecule has 0 amide bonds. The molecule has 0 heterocycles. The summed E-state index contributed by atoms with van der Waals surface area (Å²) in [4.78, 5) is 0.195. The highest BCUT2D eigenvalue weighted by molar-refractivity contribution is 7.86. The highest BCUT2D eigenvalue weighted by Gasteiger charge is 2.37. The van der Waals surface area contributed by atoms with Crippen molar-refractivity contribution in [2.24, 2.45) is 0 Å². The van der Waals surface area contributed by atoms with E-state index < -0.39 is 24.5 Å². The SMILES string of the molecule is Cc1ccc(S(=O)(=O)O[C@@H](C)CCO[Si](C)(C)C(C)(C)C)cc1. The standard InChI is InChI=1S/C17H30O4SSi/c1-14-8-10-16(11-9-14)22(18,19)21-15(2)12-13-20-23(6,7)17(3,4)5/h8-11,15H,12-13H2,1-7H3/t15-/m0/s1. The van der Waals surface area contributed by atoms with Crippen molar-refractivity contribution in [1.29, 1.82) is 0 Å². The molecule has 132 valence electrons. The van der Waals surface area contributed by atoms with Crippen LogP contribution in [0.4, 0.5) is 0 Å². The summed E-state index contributed by atoms with van der Waals surface area (Å²) in [6, 6.07) is 6.68. The molecule has 4 nitrogen and oxygen atoms in total. The zero-order valence-corrected chi connectivity index (χ0v) is 17.2. The number of hydrogen-bond donors (Lipinski definition) is 0. The summed E-state index contributed by atoms with van der Waals surface area (Å²) in [7, 11) is -5.52. The minimum Gasteiger partial charge on any atom is -0.417 e. The van der Waals surface area contributed by atoms with Crippen LogP contribution < -0.4 is 0 Å². The van der Waals surface area contributed by atoms with Gasteiger partial charge in [-0.3, -0.25) is 4.18 Å². The molecule has 0 spiro atoms. The van der Waals surface area contributed by atoms with E-state index in [0.717, 1.165) is 5.56 Å². The van der Waals surface area contributed by atoms with Crippen LogP contribution in [-0.2, 0) is 18.7 Å². The average molecular weight is 359 g/mol. The molecule has 0 aromatic heterocycles. The van der Waals surface area contributed by atoms with Gasteiger partial charge >= 0.3 is 0 Å². The molecular weight excluding hydrogens is 328 g/mol. The van der Waals surface area contributed by atoms with Crippen molar-refractivity contribution in [3.05, 3.63) is 29.8 Å². The molecular formula is C17H30O4SSi. The van der Waals surface area contributed by atoms with Gasteiger partial charge in [0.15, 0.2) is 8.32 Å². The summed E-state index contributed by atoms with van der Waals surface area (Å²) < 4.78 is 35.8. The maximum Gasteiger partial charge on any atom is 0.297 e. The molecule has 1 atom stereocenters. The van der Waals surface area contributed by atoms with Crippen LogP contribution in [0.25, 0.3) is 0 Å². The van der Waals surface area contributed by atoms with Crippen molar-refractivity contribution in [3.63, 3.8) is 0 Å². The Morgan fingerprint density at radius 1 is 1.13 bits per heavy atom. The van der Waals surface area contributed by atoms with Gasteiger partial charge in [0.2, 0.25) is 0 Å².